The Bertz CT molecular complexity index is 948. The van der Waals surface area contributed by atoms with E-state index in [2.05, 4.69) is 15.4 Å². The van der Waals surface area contributed by atoms with E-state index in [4.69, 9.17) is 13.9 Å². The van der Waals surface area contributed by atoms with Crippen LogP contribution in [0.4, 0.5) is 0 Å². The molecule has 0 spiro atoms. The number of nitrogens with zero attached hydrogens (tertiary/aromatic N) is 3. The SMILES string of the molecule is O=C1C[C@@H](c2nc(-c3ccco3)nn2-c2ccc3c(c2)OCO3)CN1. The van der Waals surface area contributed by atoms with Gasteiger partial charge in [0, 0.05) is 24.9 Å². The number of benzene rings is 1. The van der Waals surface area contributed by atoms with E-state index >= 15 is 0 Å². The minimum atomic E-state index is -0.0471. The van der Waals surface area contributed by atoms with Crippen LogP contribution in [0.25, 0.3) is 17.3 Å². The first-order chi connectivity index (χ1) is 12.3. The Labute approximate surface area is 142 Å². The van der Waals surface area contributed by atoms with Crippen LogP contribution in [-0.2, 0) is 4.79 Å². The van der Waals surface area contributed by atoms with E-state index in [0.717, 1.165) is 5.69 Å². The lowest BCUT2D eigenvalue weighted by atomic mass is 10.1. The zero-order valence-corrected chi connectivity index (χ0v) is 13.1. The molecular formula is C17H14N4O4. The van der Waals surface area contributed by atoms with E-state index in [1.54, 1.807) is 23.1 Å². The molecule has 1 amide bonds. The highest BCUT2D eigenvalue weighted by molar-refractivity contribution is 5.79. The zero-order valence-electron chi connectivity index (χ0n) is 13.1. The third kappa shape index (κ3) is 2.34. The van der Waals surface area contributed by atoms with Crippen molar-refractivity contribution in [2.45, 2.75) is 12.3 Å². The van der Waals surface area contributed by atoms with Crippen LogP contribution in [0.5, 0.6) is 11.5 Å². The Morgan fingerprint density at radius 1 is 1.20 bits per heavy atom. The first kappa shape index (κ1) is 14.1. The monoisotopic (exact) mass is 338 g/mol. The highest BCUT2D eigenvalue weighted by atomic mass is 16.7. The Morgan fingerprint density at radius 2 is 2.12 bits per heavy atom. The molecule has 2 aliphatic rings. The number of aromatic nitrogens is 3. The molecule has 2 aliphatic heterocycles. The number of carbonyl (C=O) groups is 1. The van der Waals surface area contributed by atoms with Gasteiger partial charge >= 0.3 is 0 Å². The lowest BCUT2D eigenvalue weighted by molar-refractivity contribution is -0.119. The Hall–Kier alpha value is -3.29. The molecule has 25 heavy (non-hydrogen) atoms. The average molecular weight is 338 g/mol. The first-order valence-electron chi connectivity index (χ1n) is 7.95. The highest BCUT2D eigenvalue weighted by Gasteiger charge is 2.30. The molecule has 126 valence electrons. The third-order valence-corrected chi connectivity index (χ3v) is 4.32. The lowest BCUT2D eigenvalue weighted by Gasteiger charge is -2.10. The van der Waals surface area contributed by atoms with Gasteiger partial charge < -0.3 is 19.2 Å². The van der Waals surface area contributed by atoms with E-state index in [1.165, 1.54) is 0 Å². The molecule has 0 aliphatic carbocycles. The van der Waals surface area contributed by atoms with E-state index < -0.39 is 0 Å². The van der Waals surface area contributed by atoms with Crippen molar-refractivity contribution in [1.29, 1.82) is 0 Å². The van der Waals surface area contributed by atoms with Gasteiger partial charge in [0.25, 0.3) is 0 Å². The summed E-state index contributed by atoms with van der Waals surface area (Å²) in [6.45, 7) is 0.751. The molecule has 4 heterocycles. The van der Waals surface area contributed by atoms with Gasteiger partial charge in [-0.25, -0.2) is 9.67 Å². The van der Waals surface area contributed by atoms with Crippen LogP contribution in [0.3, 0.4) is 0 Å². The second-order valence-electron chi connectivity index (χ2n) is 5.93. The highest BCUT2D eigenvalue weighted by Crippen LogP contribution is 2.35. The number of hydrogen-bond acceptors (Lipinski definition) is 6. The van der Waals surface area contributed by atoms with Gasteiger partial charge in [0.15, 0.2) is 17.3 Å². The number of rotatable bonds is 3. The summed E-state index contributed by atoms with van der Waals surface area (Å²) < 4.78 is 18.0. The van der Waals surface area contributed by atoms with Gasteiger partial charge in [0.1, 0.15) is 5.82 Å². The molecule has 5 rings (SSSR count). The molecule has 0 saturated carbocycles. The molecule has 1 atom stereocenters. The second kappa shape index (κ2) is 5.37. The standard InChI is InChI=1S/C17H14N4O4/c22-15-6-10(8-18-15)17-19-16(13-2-1-5-23-13)20-21(17)11-3-4-12-14(7-11)25-9-24-12/h1-5,7,10H,6,8-9H2,(H,18,22)/t10-/m1/s1. The Balaban J connectivity index is 1.62. The maximum atomic E-state index is 11.6. The number of furan rings is 1. The molecule has 8 heteroatoms. The summed E-state index contributed by atoms with van der Waals surface area (Å²) in [5, 5.41) is 7.44. The number of hydrogen-bond donors (Lipinski definition) is 1. The Morgan fingerprint density at radius 3 is 2.92 bits per heavy atom. The number of ether oxygens (including phenoxy) is 2. The van der Waals surface area contributed by atoms with Crippen molar-refractivity contribution >= 4 is 5.91 Å². The van der Waals surface area contributed by atoms with Crippen molar-refractivity contribution < 1.29 is 18.7 Å². The summed E-state index contributed by atoms with van der Waals surface area (Å²) in [6, 6.07) is 9.18. The molecule has 1 saturated heterocycles. The predicted molar refractivity (Wildman–Crippen MR) is 85.6 cm³/mol. The average Bonchev–Trinajstić information content (AvgIpc) is 3.39. The second-order valence-corrected chi connectivity index (χ2v) is 5.93. The molecule has 0 unspecified atom stereocenters. The Kier molecular flexibility index (Phi) is 3.03. The summed E-state index contributed by atoms with van der Waals surface area (Å²) >= 11 is 0. The van der Waals surface area contributed by atoms with Crippen LogP contribution in [0, 0.1) is 0 Å². The van der Waals surface area contributed by atoms with E-state index in [0.29, 0.717) is 41.9 Å². The topological polar surface area (TPSA) is 91.4 Å². The van der Waals surface area contributed by atoms with Crippen molar-refractivity contribution in [3.8, 4) is 28.8 Å². The lowest BCUT2D eigenvalue weighted by Crippen LogP contribution is -2.15. The van der Waals surface area contributed by atoms with Crippen molar-refractivity contribution in [2.24, 2.45) is 0 Å². The minimum absolute atomic E-state index is 0.0183. The van der Waals surface area contributed by atoms with Crippen LogP contribution < -0.4 is 14.8 Å². The maximum absolute atomic E-state index is 11.6. The quantitative estimate of drug-likeness (QED) is 0.784. The van der Waals surface area contributed by atoms with Crippen LogP contribution >= 0.6 is 0 Å². The smallest absolute Gasteiger partial charge is 0.231 e. The molecule has 0 bridgehead atoms. The summed E-state index contributed by atoms with van der Waals surface area (Å²) in [5.74, 6) is 3.12. The van der Waals surface area contributed by atoms with Gasteiger partial charge in [-0.15, -0.1) is 5.10 Å². The molecule has 2 aromatic heterocycles. The maximum Gasteiger partial charge on any atom is 0.231 e. The van der Waals surface area contributed by atoms with Crippen molar-refractivity contribution in [3.05, 3.63) is 42.4 Å². The van der Waals surface area contributed by atoms with Gasteiger partial charge in [-0.1, -0.05) is 0 Å². The molecule has 1 fully saturated rings. The van der Waals surface area contributed by atoms with E-state index in [1.807, 2.05) is 18.2 Å². The number of carbonyl (C=O) groups excluding carboxylic acids is 1. The van der Waals surface area contributed by atoms with Gasteiger partial charge in [0.2, 0.25) is 18.5 Å². The molecule has 8 nitrogen and oxygen atoms in total. The third-order valence-electron chi connectivity index (χ3n) is 4.32. The minimum Gasteiger partial charge on any atom is -0.461 e. The number of fused-ring (bicyclic) bond motifs is 1. The fourth-order valence-electron chi connectivity index (χ4n) is 3.09. The van der Waals surface area contributed by atoms with Crippen LogP contribution in [0.1, 0.15) is 18.2 Å². The van der Waals surface area contributed by atoms with Gasteiger partial charge in [-0.2, -0.15) is 0 Å². The van der Waals surface area contributed by atoms with Gasteiger partial charge in [0.05, 0.1) is 12.0 Å². The fraction of sp³-hybridized carbons (Fsp3) is 0.235. The molecule has 0 radical (unpaired) electrons. The van der Waals surface area contributed by atoms with Crippen LogP contribution in [0.15, 0.2) is 41.0 Å². The van der Waals surface area contributed by atoms with E-state index in [-0.39, 0.29) is 18.6 Å². The largest absolute Gasteiger partial charge is 0.461 e. The summed E-state index contributed by atoms with van der Waals surface area (Å²) in [5.41, 5.74) is 0.795. The summed E-state index contributed by atoms with van der Waals surface area (Å²) in [4.78, 5) is 16.3. The van der Waals surface area contributed by atoms with Crippen molar-refractivity contribution in [2.75, 3.05) is 13.3 Å². The normalized spacial score (nSPS) is 18.6. The molecule has 3 aromatic rings. The molecular weight excluding hydrogens is 324 g/mol. The predicted octanol–water partition coefficient (Wildman–Crippen LogP) is 1.86. The fourth-order valence-corrected chi connectivity index (χ4v) is 3.09. The summed E-state index contributed by atoms with van der Waals surface area (Å²) in [6.07, 6.45) is 1.97. The molecule has 1 N–H and O–H groups in total. The van der Waals surface area contributed by atoms with Gasteiger partial charge in [-0.05, 0) is 24.3 Å². The summed E-state index contributed by atoms with van der Waals surface area (Å²) in [7, 11) is 0. The van der Waals surface area contributed by atoms with E-state index in [9.17, 15) is 4.79 Å². The van der Waals surface area contributed by atoms with Crippen molar-refractivity contribution in [3.63, 3.8) is 0 Å². The number of amides is 1. The molecule has 1 aromatic carbocycles. The van der Waals surface area contributed by atoms with Crippen LogP contribution in [0.2, 0.25) is 0 Å². The van der Waals surface area contributed by atoms with Crippen LogP contribution in [-0.4, -0.2) is 34.0 Å². The van der Waals surface area contributed by atoms with Gasteiger partial charge in [-0.3, -0.25) is 4.79 Å². The zero-order chi connectivity index (χ0) is 16.8. The first-order valence-corrected chi connectivity index (χ1v) is 7.95. The van der Waals surface area contributed by atoms with Crippen molar-refractivity contribution in [1.82, 2.24) is 20.1 Å². The number of nitrogens with one attached hydrogen (secondary N) is 1.